The number of nitrogens with one attached hydrogen (secondary N) is 1. The second-order valence-corrected chi connectivity index (χ2v) is 5.47. The average Bonchev–Trinajstić information content (AvgIpc) is 2.12. The smallest absolute Gasteiger partial charge is 0.324 e. The second-order valence-electron chi connectivity index (χ2n) is 5.47. The minimum Gasteiger partial charge on any atom is -0.481 e. The summed E-state index contributed by atoms with van der Waals surface area (Å²) >= 11 is 0. The lowest BCUT2D eigenvalue weighted by atomic mass is 9.85. The fraction of sp³-hybridized carbons (Fsp3) is 0.750. The molecule has 0 aliphatic rings. The Balaban J connectivity index is 4.35. The van der Waals surface area contributed by atoms with E-state index in [2.05, 4.69) is 5.32 Å². The molecule has 3 amide bonds. The Morgan fingerprint density at radius 3 is 2.11 bits per heavy atom. The van der Waals surface area contributed by atoms with Crippen LogP contribution in [0.2, 0.25) is 0 Å². The number of imide groups is 1. The maximum atomic E-state index is 11.6. The van der Waals surface area contributed by atoms with Crippen molar-refractivity contribution in [3.05, 3.63) is 0 Å². The Hall–Kier alpha value is -1.59. The number of carboxylic acid groups (broad SMARTS) is 1. The van der Waals surface area contributed by atoms with Crippen LogP contribution in [0, 0.1) is 5.41 Å². The Labute approximate surface area is 107 Å². The van der Waals surface area contributed by atoms with Gasteiger partial charge in [0.15, 0.2) is 0 Å². The summed E-state index contributed by atoms with van der Waals surface area (Å²) in [6.45, 7) is 7.02. The van der Waals surface area contributed by atoms with Gasteiger partial charge in [0, 0.05) is 19.5 Å². The second kappa shape index (κ2) is 6.37. The van der Waals surface area contributed by atoms with Crippen molar-refractivity contribution >= 4 is 17.9 Å². The quantitative estimate of drug-likeness (QED) is 0.781. The molecule has 0 spiro atoms. The van der Waals surface area contributed by atoms with E-state index in [-0.39, 0.29) is 18.9 Å². The van der Waals surface area contributed by atoms with Crippen molar-refractivity contribution < 1.29 is 19.5 Å². The third kappa shape index (κ3) is 6.22. The molecule has 0 aromatic carbocycles. The first kappa shape index (κ1) is 16.4. The molecular weight excluding hydrogens is 236 g/mol. The largest absolute Gasteiger partial charge is 0.481 e. The van der Waals surface area contributed by atoms with Crippen LogP contribution in [-0.4, -0.2) is 41.0 Å². The van der Waals surface area contributed by atoms with Crippen molar-refractivity contribution in [2.75, 3.05) is 7.05 Å². The monoisotopic (exact) mass is 258 g/mol. The van der Waals surface area contributed by atoms with Crippen LogP contribution in [0.15, 0.2) is 0 Å². The fourth-order valence-electron chi connectivity index (χ4n) is 1.39. The van der Waals surface area contributed by atoms with Gasteiger partial charge in [0.1, 0.15) is 0 Å². The van der Waals surface area contributed by atoms with Gasteiger partial charge in [-0.25, -0.2) is 4.79 Å². The zero-order valence-electron chi connectivity index (χ0n) is 11.6. The lowest BCUT2D eigenvalue weighted by Gasteiger charge is -2.24. The molecule has 2 N–H and O–H groups in total. The van der Waals surface area contributed by atoms with Gasteiger partial charge >= 0.3 is 12.0 Å². The lowest BCUT2D eigenvalue weighted by Crippen LogP contribution is -2.44. The first-order valence-corrected chi connectivity index (χ1v) is 5.83. The van der Waals surface area contributed by atoms with Crippen molar-refractivity contribution in [1.29, 1.82) is 0 Å². The number of nitrogens with zero attached hydrogens (tertiary/aromatic N) is 1. The van der Waals surface area contributed by atoms with Gasteiger partial charge in [-0.05, 0) is 19.3 Å². The predicted molar refractivity (Wildman–Crippen MR) is 67.1 cm³/mol. The molecule has 0 saturated heterocycles. The molecule has 0 aromatic heterocycles. The highest BCUT2D eigenvalue weighted by atomic mass is 16.4. The van der Waals surface area contributed by atoms with Crippen molar-refractivity contribution in [2.24, 2.45) is 5.41 Å². The minimum atomic E-state index is -0.960. The van der Waals surface area contributed by atoms with E-state index in [4.69, 9.17) is 5.11 Å². The van der Waals surface area contributed by atoms with Gasteiger partial charge in [0.05, 0.1) is 6.42 Å². The van der Waals surface area contributed by atoms with E-state index >= 15 is 0 Å². The van der Waals surface area contributed by atoms with Crippen LogP contribution in [0.3, 0.4) is 0 Å². The van der Waals surface area contributed by atoms with E-state index in [1.807, 2.05) is 13.8 Å². The van der Waals surface area contributed by atoms with Crippen LogP contribution in [0.1, 0.15) is 40.5 Å². The lowest BCUT2D eigenvalue weighted by molar-refractivity contribution is -0.139. The van der Waals surface area contributed by atoms with Gasteiger partial charge in [0.25, 0.3) is 0 Å². The summed E-state index contributed by atoms with van der Waals surface area (Å²) in [5.41, 5.74) is -0.674. The van der Waals surface area contributed by atoms with Gasteiger partial charge < -0.3 is 10.0 Å². The van der Waals surface area contributed by atoms with Crippen LogP contribution in [0.4, 0.5) is 4.79 Å². The zero-order chi connectivity index (χ0) is 14.5. The first-order valence-electron chi connectivity index (χ1n) is 5.83. The van der Waals surface area contributed by atoms with Crippen LogP contribution in [0.25, 0.3) is 0 Å². The van der Waals surface area contributed by atoms with E-state index in [0.29, 0.717) is 0 Å². The van der Waals surface area contributed by atoms with Crippen molar-refractivity contribution in [1.82, 2.24) is 10.2 Å². The number of hydrogen-bond donors (Lipinski definition) is 2. The summed E-state index contributed by atoms with van der Waals surface area (Å²) in [7, 11) is 1.59. The predicted octanol–water partition coefficient (Wildman–Crippen LogP) is 1.45. The molecule has 6 nitrogen and oxygen atoms in total. The normalized spacial score (nSPS) is 11.2. The van der Waals surface area contributed by atoms with Gasteiger partial charge in [-0.2, -0.15) is 0 Å². The molecule has 0 aliphatic carbocycles. The summed E-state index contributed by atoms with van der Waals surface area (Å²) in [5, 5.41) is 10.9. The highest BCUT2D eigenvalue weighted by Crippen LogP contribution is 2.24. The van der Waals surface area contributed by atoms with E-state index in [1.54, 1.807) is 20.9 Å². The van der Waals surface area contributed by atoms with Crippen molar-refractivity contribution in [2.45, 2.75) is 46.6 Å². The molecular formula is C12H22N2O4. The Bertz CT molecular complexity index is 337. The molecule has 104 valence electrons. The summed E-state index contributed by atoms with van der Waals surface area (Å²) in [5.74, 6) is -1.42. The highest BCUT2D eigenvalue weighted by molar-refractivity contribution is 5.94. The first-order chi connectivity index (χ1) is 8.05. The Morgan fingerprint density at radius 2 is 1.72 bits per heavy atom. The van der Waals surface area contributed by atoms with Crippen LogP contribution in [-0.2, 0) is 9.59 Å². The van der Waals surface area contributed by atoms with Gasteiger partial charge in [-0.3, -0.25) is 14.9 Å². The van der Waals surface area contributed by atoms with Crippen LogP contribution < -0.4 is 5.32 Å². The molecule has 6 heteroatoms. The number of aliphatic carboxylic acids is 1. The molecule has 0 unspecified atom stereocenters. The maximum Gasteiger partial charge on any atom is 0.324 e. The van der Waals surface area contributed by atoms with E-state index in [9.17, 15) is 14.4 Å². The topological polar surface area (TPSA) is 86.7 Å². The molecule has 0 heterocycles. The number of hydrogen-bond acceptors (Lipinski definition) is 3. The number of carbonyl (C=O) groups is 3. The summed E-state index contributed by atoms with van der Waals surface area (Å²) < 4.78 is 0. The third-order valence-corrected chi connectivity index (χ3v) is 2.61. The number of carboxylic acids is 1. The Morgan fingerprint density at radius 1 is 1.22 bits per heavy atom. The van der Waals surface area contributed by atoms with Crippen molar-refractivity contribution in [3.8, 4) is 0 Å². The third-order valence-electron chi connectivity index (χ3n) is 2.61. The SMILES string of the molecule is CC(C)N(C)C(=O)NC(=O)CC(C)(C)CC(=O)O. The summed E-state index contributed by atoms with van der Waals surface area (Å²) in [6, 6.07) is -0.481. The summed E-state index contributed by atoms with van der Waals surface area (Å²) in [6.07, 6.45) is -0.119. The van der Waals surface area contributed by atoms with Gasteiger partial charge in [0.2, 0.25) is 5.91 Å². The van der Waals surface area contributed by atoms with Gasteiger partial charge in [-0.1, -0.05) is 13.8 Å². The standard InChI is InChI=1S/C12H22N2O4/c1-8(2)14(5)11(18)13-9(15)6-12(3,4)7-10(16)17/h8H,6-7H2,1-5H3,(H,16,17)(H,13,15,18). The molecule has 0 aromatic rings. The minimum absolute atomic E-state index is 0.00300. The molecule has 0 atom stereocenters. The van der Waals surface area contributed by atoms with Crippen LogP contribution >= 0.6 is 0 Å². The highest BCUT2D eigenvalue weighted by Gasteiger charge is 2.26. The number of amides is 3. The molecule has 0 rings (SSSR count). The van der Waals surface area contributed by atoms with E-state index in [1.165, 1.54) is 4.90 Å². The molecule has 0 fully saturated rings. The molecule has 0 bridgehead atoms. The van der Waals surface area contributed by atoms with Gasteiger partial charge in [-0.15, -0.1) is 0 Å². The van der Waals surface area contributed by atoms with E-state index < -0.39 is 23.3 Å². The molecule has 18 heavy (non-hydrogen) atoms. The molecule has 0 aliphatic heterocycles. The number of carbonyl (C=O) groups excluding carboxylic acids is 2. The van der Waals surface area contributed by atoms with Crippen LogP contribution in [0.5, 0.6) is 0 Å². The molecule has 0 radical (unpaired) electrons. The fourth-order valence-corrected chi connectivity index (χ4v) is 1.39. The maximum absolute atomic E-state index is 11.6. The zero-order valence-corrected chi connectivity index (χ0v) is 11.6. The van der Waals surface area contributed by atoms with Crippen molar-refractivity contribution in [3.63, 3.8) is 0 Å². The average molecular weight is 258 g/mol. The Kier molecular flexibility index (Phi) is 5.81. The number of rotatable bonds is 5. The molecule has 0 saturated carbocycles. The summed E-state index contributed by atoms with van der Waals surface area (Å²) in [4.78, 5) is 35.2. The van der Waals surface area contributed by atoms with E-state index in [0.717, 1.165) is 0 Å². The number of urea groups is 1.